The maximum Gasteiger partial charge on any atom is 0.329 e. The zero-order valence-electron chi connectivity index (χ0n) is 18.2. The smallest absolute Gasteiger partial charge is 0.329 e. The van der Waals surface area contributed by atoms with Gasteiger partial charge in [-0.1, -0.05) is 56.3 Å². The molecule has 1 aliphatic heterocycles. The minimum atomic E-state index is -0.612. The topological polar surface area (TPSA) is 62.0 Å². The molecule has 168 valence electrons. The van der Waals surface area contributed by atoms with Gasteiger partial charge >= 0.3 is 6.03 Å². The predicted molar refractivity (Wildman–Crippen MR) is 131 cm³/mol. The van der Waals surface area contributed by atoms with Crippen molar-refractivity contribution in [3.05, 3.63) is 54.6 Å². The van der Waals surface area contributed by atoms with Crippen molar-refractivity contribution in [1.29, 1.82) is 0 Å². The fraction of sp³-hybridized carbons (Fsp3) is 0.458. The van der Waals surface area contributed by atoms with E-state index in [9.17, 15) is 4.79 Å². The summed E-state index contributed by atoms with van der Waals surface area (Å²) in [4.78, 5) is 16.3. The van der Waals surface area contributed by atoms with Crippen molar-refractivity contribution in [2.75, 3.05) is 48.5 Å². The number of benzene rings is 2. The quantitative estimate of drug-likeness (QED) is 0.395. The Labute approximate surface area is 191 Å². The van der Waals surface area contributed by atoms with Gasteiger partial charge in [0.25, 0.3) is 0 Å². The van der Waals surface area contributed by atoms with Gasteiger partial charge < -0.3 is 15.4 Å². The monoisotopic (exact) mass is 442 g/mol. The van der Waals surface area contributed by atoms with Crippen LogP contribution >= 0.6 is 12.8 Å². The highest BCUT2D eigenvalue weighted by molar-refractivity contribution is 7.82. The Hall–Kier alpha value is -2.38. The van der Waals surface area contributed by atoms with Gasteiger partial charge in [0.2, 0.25) is 0 Å². The van der Waals surface area contributed by atoms with E-state index in [1.54, 1.807) is 12.1 Å². The van der Waals surface area contributed by atoms with Gasteiger partial charge in [0.1, 0.15) is 5.75 Å². The number of nitrogens with zero attached hydrogens (tertiary/aromatic N) is 3. The molecule has 31 heavy (non-hydrogen) atoms. The number of nitrogens with two attached hydrogens (primary N) is 1. The zero-order chi connectivity index (χ0) is 21.9. The lowest BCUT2D eigenvalue weighted by atomic mass is 10.1. The fourth-order valence-corrected chi connectivity index (χ4v) is 3.98. The Morgan fingerprint density at radius 1 is 0.935 bits per heavy atom. The van der Waals surface area contributed by atoms with Crippen LogP contribution in [0.4, 0.5) is 16.2 Å². The van der Waals surface area contributed by atoms with Crippen molar-refractivity contribution >= 4 is 30.2 Å². The Kier molecular flexibility index (Phi) is 9.37. The normalized spacial score (nSPS) is 14.4. The second-order valence-electron chi connectivity index (χ2n) is 7.93. The number of ether oxygens (including phenoxy) is 1. The van der Waals surface area contributed by atoms with E-state index in [2.05, 4.69) is 52.9 Å². The van der Waals surface area contributed by atoms with E-state index in [0.717, 1.165) is 42.7 Å². The number of anilines is 2. The molecule has 0 saturated carbocycles. The highest BCUT2D eigenvalue weighted by atomic mass is 32.1. The van der Waals surface area contributed by atoms with Crippen molar-refractivity contribution in [2.24, 2.45) is 5.73 Å². The third-order valence-electron chi connectivity index (χ3n) is 5.65. The van der Waals surface area contributed by atoms with Crippen LogP contribution in [0.5, 0.6) is 5.75 Å². The summed E-state index contributed by atoms with van der Waals surface area (Å²) in [7, 11) is 0. The molecule has 0 spiro atoms. The molecular formula is C24H34N4O2S. The maximum absolute atomic E-state index is 11.2. The molecule has 0 unspecified atom stereocenters. The van der Waals surface area contributed by atoms with Crippen LogP contribution in [0.25, 0.3) is 0 Å². The van der Waals surface area contributed by atoms with Gasteiger partial charge in [-0.05, 0) is 43.7 Å². The van der Waals surface area contributed by atoms with Crippen molar-refractivity contribution in [3.8, 4) is 5.75 Å². The van der Waals surface area contributed by atoms with Gasteiger partial charge in [0.15, 0.2) is 0 Å². The summed E-state index contributed by atoms with van der Waals surface area (Å²) < 4.78 is 6.90. The number of thiol groups is 1. The van der Waals surface area contributed by atoms with Crippen LogP contribution in [0.2, 0.25) is 0 Å². The van der Waals surface area contributed by atoms with Crippen molar-refractivity contribution in [2.45, 2.75) is 32.1 Å². The summed E-state index contributed by atoms with van der Waals surface area (Å²) in [5, 5.41) is 0. The number of hydrogen-bond acceptors (Lipinski definition) is 5. The second-order valence-corrected chi connectivity index (χ2v) is 8.33. The van der Waals surface area contributed by atoms with Crippen molar-refractivity contribution in [1.82, 2.24) is 4.90 Å². The Bertz CT molecular complexity index is 797. The molecule has 3 rings (SSSR count). The number of urea groups is 1. The van der Waals surface area contributed by atoms with E-state index in [1.165, 1.54) is 37.9 Å². The van der Waals surface area contributed by atoms with Crippen LogP contribution in [0, 0.1) is 0 Å². The molecule has 2 aromatic carbocycles. The summed E-state index contributed by atoms with van der Waals surface area (Å²) in [5.74, 6) is 0.729. The lowest BCUT2D eigenvalue weighted by Gasteiger charge is -2.36. The standard InChI is InChI=1S/C24H34N4O2S/c25-24(29)28(31)22-12-9-13-23(20-22)30-19-8-3-1-2-7-14-26-15-17-27(18-16-26)21-10-5-4-6-11-21/h4-6,9-13,20,31H,1-3,7-8,14-19H2,(H2,25,29). The minimum absolute atomic E-state index is 0.609. The number of carbonyl (C=O) groups excluding carboxylic acids is 1. The molecule has 0 aliphatic carbocycles. The third-order valence-corrected chi connectivity index (χ3v) is 6.08. The summed E-state index contributed by atoms with van der Waals surface area (Å²) in [6, 6.07) is 17.3. The molecule has 0 radical (unpaired) electrons. The van der Waals surface area contributed by atoms with Gasteiger partial charge in [-0.2, -0.15) is 0 Å². The number of piperazine rings is 1. The predicted octanol–water partition coefficient (Wildman–Crippen LogP) is 4.57. The summed E-state index contributed by atoms with van der Waals surface area (Å²) in [6.07, 6.45) is 5.96. The first-order valence-corrected chi connectivity index (χ1v) is 11.6. The molecule has 1 heterocycles. The molecular weight excluding hydrogens is 408 g/mol. The van der Waals surface area contributed by atoms with Crippen LogP contribution in [-0.2, 0) is 0 Å². The van der Waals surface area contributed by atoms with Crippen LogP contribution in [0.1, 0.15) is 32.1 Å². The van der Waals surface area contributed by atoms with Crippen LogP contribution < -0.4 is 19.7 Å². The second kappa shape index (κ2) is 12.5. The molecule has 1 aliphatic rings. The first-order chi connectivity index (χ1) is 15.1. The highest BCUT2D eigenvalue weighted by Gasteiger charge is 2.16. The van der Waals surface area contributed by atoms with Gasteiger partial charge in [-0.25, -0.2) is 9.10 Å². The molecule has 0 bridgehead atoms. The molecule has 1 saturated heterocycles. The first-order valence-electron chi connectivity index (χ1n) is 11.2. The van der Waals surface area contributed by atoms with Crippen molar-refractivity contribution < 1.29 is 9.53 Å². The molecule has 6 nitrogen and oxygen atoms in total. The molecule has 2 aromatic rings. The van der Waals surface area contributed by atoms with Crippen LogP contribution in [-0.4, -0.2) is 50.3 Å². The van der Waals surface area contributed by atoms with Crippen LogP contribution in [0.15, 0.2) is 54.6 Å². The summed E-state index contributed by atoms with van der Waals surface area (Å²) in [5.41, 5.74) is 7.19. The lowest BCUT2D eigenvalue weighted by Crippen LogP contribution is -2.46. The number of hydrogen-bond donors (Lipinski definition) is 2. The average molecular weight is 443 g/mol. The van der Waals surface area contributed by atoms with E-state index in [0.29, 0.717) is 12.3 Å². The Morgan fingerprint density at radius 3 is 2.39 bits per heavy atom. The highest BCUT2D eigenvalue weighted by Crippen LogP contribution is 2.22. The Balaban J connectivity index is 1.21. The Morgan fingerprint density at radius 2 is 1.65 bits per heavy atom. The maximum atomic E-state index is 11.2. The van der Waals surface area contributed by atoms with E-state index in [1.807, 2.05) is 12.1 Å². The van der Waals surface area contributed by atoms with Gasteiger partial charge in [0.05, 0.1) is 12.3 Å². The number of rotatable bonds is 11. The number of unbranched alkanes of at least 4 members (excludes halogenated alkanes) is 4. The largest absolute Gasteiger partial charge is 0.494 e. The van der Waals surface area contributed by atoms with Crippen molar-refractivity contribution in [3.63, 3.8) is 0 Å². The van der Waals surface area contributed by atoms with E-state index in [-0.39, 0.29) is 0 Å². The number of carbonyl (C=O) groups is 1. The molecule has 7 heteroatoms. The lowest BCUT2D eigenvalue weighted by molar-refractivity contribution is 0.251. The summed E-state index contributed by atoms with van der Waals surface area (Å²) in [6.45, 7) is 6.42. The summed E-state index contributed by atoms with van der Waals surface area (Å²) >= 11 is 4.08. The number of primary amides is 1. The van der Waals surface area contributed by atoms with E-state index >= 15 is 0 Å². The molecule has 0 aromatic heterocycles. The van der Waals surface area contributed by atoms with Gasteiger partial charge in [-0.15, -0.1) is 0 Å². The van der Waals surface area contributed by atoms with E-state index < -0.39 is 6.03 Å². The number of amides is 2. The van der Waals surface area contributed by atoms with E-state index in [4.69, 9.17) is 10.5 Å². The third kappa shape index (κ3) is 7.67. The molecule has 0 atom stereocenters. The molecule has 2 N–H and O–H groups in total. The molecule has 2 amide bonds. The molecule has 1 fully saturated rings. The minimum Gasteiger partial charge on any atom is -0.494 e. The number of para-hydroxylation sites is 1. The van der Waals surface area contributed by atoms with Gasteiger partial charge in [0, 0.05) is 37.9 Å². The average Bonchev–Trinajstić information content (AvgIpc) is 2.81. The first kappa shape index (κ1) is 23.3. The fourth-order valence-electron chi connectivity index (χ4n) is 3.86. The zero-order valence-corrected chi connectivity index (χ0v) is 19.1. The van der Waals surface area contributed by atoms with Gasteiger partial charge in [-0.3, -0.25) is 4.90 Å². The SMILES string of the molecule is NC(=O)N(S)c1cccc(OCCCCCCCN2CCN(c3ccccc3)CC2)c1. The van der Waals surface area contributed by atoms with Crippen LogP contribution in [0.3, 0.4) is 0 Å².